The quantitative estimate of drug-likeness (QED) is 0.813. The zero-order valence-electron chi connectivity index (χ0n) is 10.8. The van der Waals surface area contributed by atoms with Crippen LogP contribution in [0.15, 0.2) is 29.2 Å². The lowest BCUT2D eigenvalue weighted by molar-refractivity contribution is -0.154. The Hall–Kier alpha value is -1.40. The predicted octanol–water partition coefficient (Wildman–Crippen LogP) is 1.22. The number of Topliss-reactive ketones (excluding diaryl/α,β-unsaturated/α-hetero) is 1. The highest BCUT2D eigenvalue weighted by molar-refractivity contribution is 7.90. The van der Waals surface area contributed by atoms with Crippen LogP contribution < -0.4 is 4.74 Å². The van der Waals surface area contributed by atoms with Gasteiger partial charge >= 0.3 is 0 Å². The predicted molar refractivity (Wildman–Crippen MR) is 69.0 cm³/mol. The van der Waals surface area contributed by atoms with Crippen LogP contribution in [0.25, 0.3) is 0 Å². The molecule has 5 nitrogen and oxygen atoms in total. The van der Waals surface area contributed by atoms with Crippen molar-refractivity contribution >= 4 is 15.6 Å². The van der Waals surface area contributed by atoms with Crippen LogP contribution in [-0.4, -0.2) is 39.3 Å². The molecule has 1 aromatic rings. The van der Waals surface area contributed by atoms with Gasteiger partial charge in [-0.05, 0) is 25.1 Å². The average molecular weight is 284 g/mol. The number of rotatable bonds is 5. The molecule has 1 aromatic carbocycles. The monoisotopic (exact) mass is 284 g/mol. The first-order chi connectivity index (χ1) is 8.91. The number of hydrogen-bond acceptors (Lipinski definition) is 5. The van der Waals surface area contributed by atoms with Gasteiger partial charge in [-0.1, -0.05) is 6.07 Å². The Bertz CT molecular complexity index is 578. The minimum atomic E-state index is -3.26. The second kappa shape index (κ2) is 5.30. The molecule has 2 atom stereocenters. The van der Waals surface area contributed by atoms with Gasteiger partial charge in [0.1, 0.15) is 11.9 Å². The van der Waals surface area contributed by atoms with Crippen molar-refractivity contribution in [3.63, 3.8) is 0 Å². The highest BCUT2D eigenvalue weighted by Crippen LogP contribution is 2.27. The molecule has 1 aliphatic carbocycles. The van der Waals surface area contributed by atoms with E-state index in [1.807, 2.05) is 6.92 Å². The van der Waals surface area contributed by atoms with E-state index in [2.05, 4.69) is 0 Å². The molecular weight excluding hydrogens is 268 g/mol. The first kappa shape index (κ1) is 14.0. The number of ether oxygens (including phenoxy) is 2. The van der Waals surface area contributed by atoms with E-state index in [-0.39, 0.29) is 16.8 Å². The van der Waals surface area contributed by atoms with E-state index in [9.17, 15) is 13.2 Å². The second-order valence-electron chi connectivity index (χ2n) is 4.45. The molecule has 0 radical (unpaired) electrons. The minimum absolute atomic E-state index is 0.0196. The molecule has 0 spiro atoms. The number of benzene rings is 1. The van der Waals surface area contributed by atoms with Crippen LogP contribution in [0.1, 0.15) is 13.3 Å². The third-order valence-corrected chi connectivity index (χ3v) is 4.03. The fourth-order valence-electron chi connectivity index (χ4n) is 1.90. The van der Waals surface area contributed by atoms with Crippen LogP contribution in [0, 0.1) is 0 Å². The smallest absolute Gasteiger partial charge is 0.175 e. The van der Waals surface area contributed by atoms with Crippen LogP contribution >= 0.6 is 0 Å². The van der Waals surface area contributed by atoms with Gasteiger partial charge in [-0.25, -0.2) is 8.42 Å². The van der Waals surface area contributed by atoms with Gasteiger partial charge in [-0.3, -0.25) is 4.79 Å². The molecule has 104 valence electrons. The lowest BCUT2D eigenvalue weighted by atomic mass is 9.90. The normalized spacial score (nSPS) is 22.9. The van der Waals surface area contributed by atoms with E-state index in [1.165, 1.54) is 12.1 Å². The van der Waals surface area contributed by atoms with Crippen molar-refractivity contribution < 1.29 is 22.7 Å². The Morgan fingerprint density at radius 2 is 2.11 bits per heavy atom. The fourth-order valence-corrected chi connectivity index (χ4v) is 2.56. The van der Waals surface area contributed by atoms with Crippen molar-refractivity contribution in [1.82, 2.24) is 0 Å². The van der Waals surface area contributed by atoms with Crippen LogP contribution in [0.4, 0.5) is 0 Å². The van der Waals surface area contributed by atoms with Crippen LogP contribution in [0.3, 0.4) is 0 Å². The Morgan fingerprint density at radius 3 is 2.68 bits per heavy atom. The van der Waals surface area contributed by atoms with E-state index in [0.29, 0.717) is 18.8 Å². The first-order valence-corrected chi connectivity index (χ1v) is 7.92. The minimum Gasteiger partial charge on any atom is -0.487 e. The molecule has 2 unspecified atom stereocenters. The summed E-state index contributed by atoms with van der Waals surface area (Å²) >= 11 is 0. The van der Waals surface area contributed by atoms with E-state index < -0.39 is 15.9 Å². The summed E-state index contributed by atoms with van der Waals surface area (Å²) in [5, 5.41) is 0. The molecule has 0 aromatic heterocycles. The number of sulfone groups is 1. The largest absolute Gasteiger partial charge is 0.487 e. The lowest BCUT2D eigenvalue weighted by Crippen LogP contribution is -2.52. The average Bonchev–Trinajstić information content (AvgIpc) is 2.35. The number of hydrogen-bond donors (Lipinski definition) is 0. The summed E-state index contributed by atoms with van der Waals surface area (Å²) in [7, 11) is -3.26. The highest BCUT2D eigenvalue weighted by Gasteiger charge is 2.42. The summed E-state index contributed by atoms with van der Waals surface area (Å²) in [6.45, 7) is 2.26. The van der Waals surface area contributed by atoms with E-state index >= 15 is 0 Å². The van der Waals surface area contributed by atoms with E-state index in [0.717, 1.165) is 6.26 Å². The summed E-state index contributed by atoms with van der Waals surface area (Å²) < 4.78 is 33.8. The third-order valence-electron chi connectivity index (χ3n) is 2.92. The maximum atomic E-state index is 11.4. The molecule has 0 bridgehead atoms. The van der Waals surface area contributed by atoms with Crippen molar-refractivity contribution in [2.45, 2.75) is 30.4 Å². The first-order valence-electron chi connectivity index (χ1n) is 6.03. The third kappa shape index (κ3) is 3.13. The second-order valence-corrected chi connectivity index (χ2v) is 6.47. The number of carbonyl (C=O) groups excluding carboxylic acids is 1. The Labute approximate surface area is 112 Å². The SMILES string of the molecule is CCOC1C(=O)CC1Oc1cccc(S(C)(=O)=O)c1. The summed E-state index contributed by atoms with van der Waals surface area (Å²) in [5.41, 5.74) is 0. The van der Waals surface area contributed by atoms with Crippen molar-refractivity contribution in [2.75, 3.05) is 12.9 Å². The van der Waals surface area contributed by atoms with Gasteiger partial charge in [0.25, 0.3) is 0 Å². The van der Waals surface area contributed by atoms with Crippen molar-refractivity contribution in [1.29, 1.82) is 0 Å². The topological polar surface area (TPSA) is 69.7 Å². The summed E-state index contributed by atoms with van der Waals surface area (Å²) in [6, 6.07) is 6.25. The number of ketones is 1. The summed E-state index contributed by atoms with van der Waals surface area (Å²) in [5.74, 6) is 0.455. The maximum Gasteiger partial charge on any atom is 0.175 e. The molecule has 19 heavy (non-hydrogen) atoms. The standard InChI is InChI=1S/C13H16O5S/c1-3-17-13-11(14)8-12(13)18-9-5-4-6-10(7-9)19(2,15)16/h4-7,12-13H,3,8H2,1-2H3. The van der Waals surface area contributed by atoms with Gasteiger partial charge in [0.05, 0.1) is 4.90 Å². The molecule has 0 saturated heterocycles. The zero-order chi connectivity index (χ0) is 14.0. The van der Waals surface area contributed by atoms with Gasteiger partial charge in [0.15, 0.2) is 21.7 Å². The molecule has 6 heteroatoms. The molecule has 1 saturated carbocycles. The van der Waals surface area contributed by atoms with Crippen LogP contribution in [0.2, 0.25) is 0 Å². The van der Waals surface area contributed by atoms with Crippen molar-refractivity contribution in [3.8, 4) is 5.75 Å². The molecular formula is C13H16O5S. The Morgan fingerprint density at radius 1 is 1.37 bits per heavy atom. The highest BCUT2D eigenvalue weighted by atomic mass is 32.2. The Kier molecular flexibility index (Phi) is 3.91. The molecule has 2 rings (SSSR count). The van der Waals surface area contributed by atoms with Crippen molar-refractivity contribution in [3.05, 3.63) is 24.3 Å². The van der Waals surface area contributed by atoms with Crippen LogP contribution in [-0.2, 0) is 19.4 Å². The Balaban J connectivity index is 2.10. The maximum absolute atomic E-state index is 11.4. The molecule has 0 amide bonds. The fraction of sp³-hybridized carbons (Fsp3) is 0.462. The van der Waals surface area contributed by atoms with Gasteiger partial charge < -0.3 is 9.47 Å². The van der Waals surface area contributed by atoms with Gasteiger partial charge in [-0.15, -0.1) is 0 Å². The molecule has 0 aliphatic heterocycles. The van der Waals surface area contributed by atoms with E-state index in [4.69, 9.17) is 9.47 Å². The van der Waals surface area contributed by atoms with Gasteiger partial charge in [-0.2, -0.15) is 0 Å². The lowest BCUT2D eigenvalue weighted by Gasteiger charge is -2.34. The molecule has 1 fully saturated rings. The summed E-state index contributed by atoms with van der Waals surface area (Å²) in [4.78, 5) is 11.5. The number of carbonyl (C=O) groups is 1. The van der Waals surface area contributed by atoms with Gasteiger partial charge in [0, 0.05) is 19.3 Å². The summed E-state index contributed by atoms with van der Waals surface area (Å²) in [6.07, 6.45) is 0.574. The van der Waals surface area contributed by atoms with Crippen LogP contribution in [0.5, 0.6) is 5.75 Å². The molecule has 0 N–H and O–H groups in total. The van der Waals surface area contributed by atoms with Crippen molar-refractivity contribution in [2.24, 2.45) is 0 Å². The zero-order valence-corrected chi connectivity index (χ0v) is 11.6. The van der Waals surface area contributed by atoms with E-state index in [1.54, 1.807) is 12.1 Å². The molecule has 1 aliphatic rings. The van der Waals surface area contributed by atoms with Gasteiger partial charge in [0.2, 0.25) is 0 Å². The molecule has 0 heterocycles.